The second-order valence-electron chi connectivity index (χ2n) is 18.6. The highest BCUT2D eigenvalue weighted by Gasteiger charge is 2.80. The number of nitrogens with zero attached hydrogens (tertiary/aromatic N) is 1. The predicted octanol–water partition coefficient (Wildman–Crippen LogP) is 7.68. The maximum Gasteiger partial charge on any atom is 0.410 e. The number of esters is 1. The van der Waals surface area contributed by atoms with Crippen LogP contribution in [0.2, 0.25) is 0 Å². The average Bonchev–Trinajstić information content (AvgIpc) is 3.56. The summed E-state index contributed by atoms with van der Waals surface area (Å²) in [5.74, 6) is 2.45. The summed E-state index contributed by atoms with van der Waals surface area (Å²) in [5.41, 5.74) is 1.61. The molecule has 8 heteroatoms. The van der Waals surface area contributed by atoms with Gasteiger partial charge in [0.25, 0.3) is 0 Å². The first-order valence-electron chi connectivity index (χ1n) is 18.7. The van der Waals surface area contributed by atoms with Crippen LogP contribution >= 0.6 is 0 Å². The Labute approximate surface area is 283 Å². The van der Waals surface area contributed by atoms with Crippen molar-refractivity contribution in [3.8, 4) is 0 Å². The fourth-order valence-corrected chi connectivity index (χ4v) is 12.8. The van der Waals surface area contributed by atoms with Crippen molar-refractivity contribution < 1.29 is 33.3 Å². The first-order valence-corrected chi connectivity index (χ1v) is 18.7. The normalized spacial score (nSPS) is 45.7. The summed E-state index contributed by atoms with van der Waals surface area (Å²) in [6.45, 7) is 22.2. The van der Waals surface area contributed by atoms with Gasteiger partial charge in [0, 0.05) is 13.5 Å². The highest BCUT2D eigenvalue weighted by molar-refractivity contribution is 5.68. The lowest BCUT2D eigenvalue weighted by atomic mass is 9.46. The van der Waals surface area contributed by atoms with Gasteiger partial charge >= 0.3 is 12.1 Å². The number of ether oxygens (including phenoxy) is 5. The van der Waals surface area contributed by atoms with Gasteiger partial charge in [-0.25, -0.2) is 4.79 Å². The van der Waals surface area contributed by atoms with Crippen molar-refractivity contribution in [2.45, 2.75) is 156 Å². The molecule has 8 unspecified atom stereocenters. The van der Waals surface area contributed by atoms with Gasteiger partial charge in [0.2, 0.25) is 0 Å². The van der Waals surface area contributed by atoms with E-state index in [0.717, 1.165) is 37.2 Å². The Hall–Kier alpha value is -1.64. The molecule has 0 radical (unpaired) electrons. The molecule has 2 heterocycles. The number of amides is 1. The van der Waals surface area contributed by atoms with Crippen molar-refractivity contribution in [2.75, 3.05) is 19.7 Å². The second-order valence-corrected chi connectivity index (χ2v) is 18.6. The zero-order valence-electron chi connectivity index (χ0n) is 30.4. The lowest BCUT2D eigenvalue weighted by Gasteiger charge is -2.60. The molecule has 264 valence electrons. The molecule has 2 aliphatic heterocycles. The van der Waals surface area contributed by atoms with Crippen molar-refractivity contribution in [2.24, 2.45) is 45.3 Å². The van der Waals surface area contributed by atoms with E-state index in [0.29, 0.717) is 53.7 Å². The summed E-state index contributed by atoms with van der Waals surface area (Å²) in [6.07, 6.45) is 11.4. The Morgan fingerprint density at radius 2 is 1.68 bits per heavy atom. The number of carbonyl (C=O) groups excluding carboxylic acids is 2. The number of carbonyl (C=O) groups is 2. The third-order valence-corrected chi connectivity index (χ3v) is 14.7. The highest BCUT2D eigenvalue weighted by atomic mass is 16.7. The van der Waals surface area contributed by atoms with Crippen molar-refractivity contribution in [3.05, 3.63) is 12.2 Å². The van der Waals surface area contributed by atoms with E-state index in [9.17, 15) is 9.59 Å². The number of hydrogen-bond donors (Lipinski definition) is 0. The predicted molar refractivity (Wildman–Crippen MR) is 178 cm³/mol. The minimum absolute atomic E-state index is 0.0410. The van der Waals surface area contributed by atoms with E-state index in [2.05, 4.69) is 27.4 Å². The van der Waals surface area contributed by atoms with Crippen LogP contribution in [0.5, 0.6) is 0 Å². The van der Waals surface area contributed by atoms with Gasteiger partial charge in [-0.1, -0.05) is 27.4 Å². The molecule has 47 heavy (non-hydrogen) atoms. The van der Waals surface area contributed by atoms with Crippen LogP contribution in [0.1, 0.15) is 120 Å². The summed E-state index contributed by atoms with van der Waals surface area (Å²) in [7, 11) is 0. The SMILES string of the molecule is C=C(C)[C@@H](OC(C)=O)C1CCC2C(CC3C4CCC5C(C)(C)[C@@H](OC6CN(C(=O)OC(C)(C)C)CCO6)CC[C@@]56CC46CC[C@]23C)O1. The lowest BCUT2D eigenvalue weighted by molar-refractivity contribution is -0.243. The van der Waals surface area contributed by atoms with Gasteiger partial charge in [-0.2, -0.15) is 0 Å². The van der Waals surface area contributed by atoms with E-state index >= 15 is 0 Å². The van der Waals surface area contributed by atoms with Gasteiger partial charge in [-0.15, -0.1) is 0 Å². The zero-order valence-corrected chi connectivity index (χ0v) is 30.4. The molecule has 2 spiro atoms. The smallest absolute Gasteiger partial charge is 0.410 e. The molecule has 12 atom stereocenters. The van der Waals surface area contributed by atoms with Crippen LogP contribution in [0.15, 0.2) is 12.2 Å². The minimum Gasteiger partial charge on any atom is -0.455 e. The van der Waals surface area contributed by atoms with Crippen molar-refractivity contribution in [1.82, 2.24) is 4.90 Å². The maximum atomic E-state index is 12.8. The van der Waals surface area contributed by atoms with Gasteiger partial charge in [0.15, 0.2) is 6.29 Å². The first-order chi connectivity index (χ1) is 22.0. The molecule has 0 N–H and O–H groups in total. The van der Waals surface area contributed by atoms with Crippen LogP contribution in [-0.2, 0) is 28.5 Å². The summed E-state index contributed by atoms with van der Waals surface area (Å²) < 4.78 is 31.1. The summed E-state index contributed by atoms with van der Waals surface area (Å²) in [5, 5.41) is 0. The third kappa shape index (κ3) is 5.40. The molecule has 0 aromatic heterocycles. The van der Waals surface area contributed by atoms with Crippen LogP contribution in [-0.4, -0.2) is 73.0 Å². The molecule has 0 aromatic carbocycles. The lowest BCUT2D eigenvalue weighted by Crippen LogP contribution is -2.56. The Kier molecular flexibility index (Phi) is 8.24. The van der Waals surface area contributed by atoms with E-state index in [1.807, 2.05) is 27.7 Å². The highest BCUT2D eigenvalue weighted by Crippen LogP contribution is 2.87. The van der Waals surface area contributed by atoms with Crippen LogP contribution in [0.4, 0.5) is 4.79 Å². The van der Waals surface area contributed by atoms with Gasteiger partial charge in [-0.05, 0) is 143 Å². The van der Waals surface area contributed by atoms with E-state index in [4.69, 9.17) is 23.7 Å². The fourth-order valence-electron chi connectivity index (χ4n) is 12.8. The van der Waals surface area contributed by atoms with Gasteiger partial charge < -0.3 is 28.6 Å². The molecule has 2 saturated heterocycles. The van der Waals surface area contributed by atoms with E-state index in [1.54, 1.807) is 4.90 Å². The van der Waals surface area contributed by atoms with Gasteiger partial charge in [-0.3, -0.25) is 4.79 Å². The minimum atomic E-state index is -0.522. The monoisotopic (exact) mass is 655 g/mol. The molecule has 0 bridgehead atoms. The summed E-state index contributed by atoms with van der Waals surface area (Å²) in [4.78, 5) is 26.4. The molecule has 5 aliphatic carbocycles. The molecule has 7 fully saturated rings. The molecule has 5 saturated carbocycles. The standard InChI is InChI=1S/C39H61NO7/c1-23(2)33(44-24(3)41)28-12-10-26-29(45-28)20-27-25-11-13-30-36(7,8)31(14-15-39(30)22-38(25,39)17-16-37(26,27)9)46-32-21-40(18-19-43-32)34(42)47-35(4,5)6/h25-33H,1,10-22H2,2-9H3/t25?,26?,27?,28?,29?,30?,31-,32?,33+,37+,38?,39+/m0/s1. The van der Waals surface area contributed by atoms with E-state index < -0.39 is 11.9 Å². The van der Waals surface area contributed by atoms with Crippen molar-refractivity contribution in [1.29, 1.82) is 0 Å². The van der Waals surface area contributed by atoms with Crippen molar-refractivity contribution >= 4 is 12.1 Å². The molecule has 0 aromatic rings. The quantitative estimate of drug-likeness (QED) is 0.222. The zero-order chi connectivity index (χ0) is 33.7. The molecule has 1 amide bonds. The first kappa shape index (κ1) is 33.8. The molecule has 7 aliphatic rings. The third-order valence-electron chi connectivity index (χ3n) is 14.7. The Balaban J connectivity index is 1.03. The van der Waals surface area contributed by atoms with Crippen LogP contribution < -0.4 is 0 Å². The van der Waals surface area contributed by atoms with Gasteiger partial charge in [0.05, 0.1) is 31.5 Å². The number of rotatable bonds is 5. The largest absolute Gasteiger partial charge is 0.455 e. The van der Waals surface area contributed by atoms with Crippen LogP contribution in [0.3, 0.4) is 0 Å². The molecular formula is C39H61NO7. The van der Waals surface area contributed by atoms with E-state index in [-0.39, 0.29) is 41.9 Å². The summed E-state index contributed by atoms with van der Waals surface area (Å²) >= 11 is 0. The van der Waals surface area contributed by atoms with Crippen LogP contribution in [0, 0.1) is 45.3 Å². The van der Waals surface area contributed by atoms with Crippen LogP contribution in [0.25, 0.3) is 0 Å². The molecular weight excluding hydrogens is 594 g/mol. The number of hydrogen-bond acceptors (Lipinski definition) is 7. The second kappa shape index (κ2) is 11.4. The topological polar surface area (TPSA) is 83.5 Å². The Morgan fingerprint density at radius 3 is 2.38 bits per heavy atom. The summed E-state index contributed by atoms with van der Waals surface area (Å²) in [6, 6.07) is 0. The molecule has 8 nitrogen and oxygen atoms in total. The van der Waals surface area contributed by atoms with Gasteiger partial charge in [0.1, 0.15) is 11.7 Å². The maximum absolute atomic E-state index is 12.8. The van der Waals surface area contributed by atoms with E-state index in [1.165, 1.54) is 45.4 Å². The number of fused-ring (bicyclic) bond motifs is 4. The molecule has 7 rings (SSSR count). The average molecular weight is 656 g/mol. The van der Waals surface area contributed by atoms with Crippen molar-refractivity contribution in [3.63, 3.8) is 0 Å². The number of morpholine rings is 1. The fraction of sp³-hybridized carbons (Fsp3) is 0.897. The Morgan fingerprint density at radius 1 is 0.936 bits per heavy atom. The Bertz CT molecular complexity index is 1270.